The van der Waals surface area contributed by atoms with Gasteiger partial charge in [0.25, 0.3) is 0 Å². The van der Waals surface area contributed by atoms with Crippen LogP contribution in [0.1, 0.15) is 18.0 Å². The van der Waals surface area contributed by atoms with Crippen LogP contribution >= 0.6 is 0 Å². The Labute approximate surface area is 113 Å². The second kappa shape index (κ2) is 6.05. The maximum Gasteiger partial charge on any atom is 0.390 e. The molecule has 0 unspecified atom stereocenters. The molecule has 0 aromatic heterocycles. The van der Waals surface area contributed by atoms with Gasteiger partial charge < -0.3 is 5.32 Å². The van der Waals surface area contributed by atoms with E-state index in [-0.39, 0.29) is 5.56 Å². The lowest BCUT2D eigenvalue weighted by molar-refractivity contribution is -0.149. The third-order valence-electron chi connectivity index (χ3n) is 3.34. The Morgan fingerprint density at radius 2 is 1.80 bits per heavy atom. The van der Waals surface area contributed by atoms with Crippen molar-refractivity contribution in [1.82, 2.24) is 10.2 Å². The van der Waals surface area contributed by atoms with Gasteiger partial charge in [0, 0.05) is 43.9 Å². The van der Waals surface area contributed by atoms with Crippen molar-refractivity contribution in [2.45, 2.75) is 18.6 Å². The molecule has 0 aliphatic carbocycles. The van der Waals surface area contributed by atoms with E-state index >= 15 is 0 Å². The molecule has 1 atom stereocenters. The standard InChI is InChI=1S/C13H15F5N2/c14-9-1-2-10(11(15)7-9)12(8-13(16,17)18)20-5-3-19-4-6-20/h1-2,7,12,19H,3-6,8H2/t12-/m1/s1. The molecule has 1 saturated heterocycles. The molecule has 1 heterocycles. The van der Waals surface area contributed by atoms with E-state index in [0.717, 1.165) is 12.1 Å². The van der Waals surface area contributed by atoms with Gasteiger partial charge in [0.15, 0.2) is 0 Å². The van der Waals surface area contributed by atoms with E-state index in [1.165, 1.54) is 0 Å². The number of hydrogen-bond donors (Lipinski definition) is 1. The summed E-state index contributed by atoms with van der Waals surface area (Å²) in [5.74, 6) is -1.73. The fraction of sp³-hybridized carbons (Fsp3) is 0.538. The van der Waals surface area contributed by atoms with E-state index < -0.39 is 30.3 Å². The van der Waals surface area contributed by atoms with E-state index in [4.69, 9.17) is 0 Å². The smallest absolute Gasteiger partial charge is 0.314 e. The normalized spacial score (nSPS) is 19.1. The summed E-state index contributed by atoms with van der Waals surface area (Å²) in [6.07, 6.45) is -5.55. The minimum atomic E-state index is -4.41. The zero-order valence-corrected chi connectivity index (χ0v) is 10.7. The summed E-state index contributed by atoms with van der Waals surface area (Å²) >= 11 is 0. The largest absolute Gasteiger partial charge is 0.390 e. The highest BCUT2D eigenvalue weighted by Gasteiger charge is 2.37. The zero-order chi connectivity index (χ0) is 14.8. The monoisotopic (exact) mass is 294 g/mol. The number of alkyl halides is 3. The molecule has 20 heavy (non-hydrogen) atoms. The molecular weight excluding hydrogens is 279 g/mol. The van der Waals surface area contributed by atoms with Gasteiger partial charge in [-0.1, -0.05) is 6.07 Å². The van der Waals surface area contributed by atoms with Crippen LogP contribution in [0.3, 0.4) is 0 Å². The molecular formula is C13H15F5N2. The number of rotatable bonds is 3. The Morgan fingerprint density at radius 3 is 2.35 bits per heavy atom. The molecule has 1 aliphatic heterocycles. The second-order valence-corrected chi connectivity index (χ2v) is 4.79. The number of nitrogens with zero attached hydrogens (tertiary/aromatic N) is 1. The molecule has 0 amide bonds. The molecule has 0 bridgehead atoms. The third-order valence-corrected chi connectivity index (χ3v) is 3.34. The summed E-state index contributed by atoms with van der Waals surface area (Å²) in [7, 11) is 0. The molecule has 1 aromatic carbocycles. The van der Waals surface area contributed by atoms with Crippen molar-refractivity contribution in [3.63, 3.8) is 0 Å². The van der Waals surface area contributed by atoms with Gasteiger partial charge in [0.1, 0.15) is 11.6 Å². The Balaban J connectivity index is 2.29. The maximum absolute atomic E-state index is 13.8. The van der Waals surface area contributed by atoms with Crippen LogP contribution in [-0.4, -0.2) is 37.3 Å². The molecule has 0 spiro atoms. The van der Waals surface area contributed by atoms with Crippen molar-refractivity contribution in [2.24, 2.45) is 0 Å². The number of piperazine rings is 1. The summed E-state index contributed by atoms with van der Waals surface area (Å²) in [5.41, 5.74) is -0.106. The minimum Gasteiger partial charge on any atom is -0.314 e. The zero-order valence-electron chi connectivity index (χ0n) is 10.7. The summed E-state index contributed by atoms with van der Waals surface area (Å²) in [4.78, 5) is 1.58. The first-order chi connectivity index (χ1) is 9.37. The van der Waals surface area contributed by atoms with Gasteiger partial charge in [-0.15, -0.1) is 0 Å². The Morgan fingerprint density at radius 1 is 1.15 bits per heavy atom. The van der Waals surface area contributed by atoms with Crippen molar-refractivity contribution in [3.8, 4) is 0 Å². The summed E-state index contributed by atoms with van der Waals surface area (Å²) in [6, 6.07) is 1.60. The highest BCUT2D eigenvalue weighted by atomic mass is 19.4. The molecule has 0 radical (unpaired) electrons. The van der Waals surface area contributed by atoms with Crippen LogP contribution in [0.15, 0.2) is 18.2 Å². The minimum absolute atomic E-state index is 0.106. The maximum atomic E-state index is 13.8. The Hall–Kier alpha value is -1.21. The molecule has 0 saturated carbocycles. The fourth-order valence-corrected chi connectivity index (χ4v) is 2.42. The first-order valence-corrected chi connectivity index (χ1v) is 6.33. The summed E-state index contributed by atoms with van der Waals surface area (Å²) in [6.45, 7) is 1.91. The van der Waals surface area contributed by atoms with Gasteiger partial charge in [-0.25, -0.2) is 8.78 Å². The van der Waals surface area contributed by atoms with Gasteiger partial charge in [0.05, 0.1) is 6.42 Å². The molecule has 1 aliphatic rings. The lowest BCUT2D eigenvalue weighted by Crippen LogP contribution is -2.46. The predicted molar refractivity (Wildman–Crippen MR) is 64.2 cm³/mol. The van der Waals surface area contributed by atoms with Crippen molar-refractivity contribution in [3.05, 3.63) is 35.4 Å². The lowest BCUT2D eigenvalue weighted by Gasteiger charge is -2.35. The average Bonchev–Trinajstić information content (AvgIpc) is 2.36. The quantitative estimate of drug-likeness (QED) is 0.862. The van der Waals surface area contributed by atoms with E-state index in [1.807, 2.05) is 0 Å². The van der Waals surface area contributed by atoms with Crippen LogP contribution in [0.25, 0.3) is 0 Å². The second-order valence-electron chi connectivity index (χ2n) is 4.79. The molecule has 2 nitrogen and oxygen atoms in total. The molecule has 7 heteroatoms. The van der Waals surface area contributed by atoms with Crippen LogP contribution in [0, 0.1) is 11.6 Å². The Kier molecular flexibility index (Phi) is 4.59. The number of nitrogens with one attached hydrogen (secondary N) is 1. The molecule has 2 rings (SSSR count). The van der Waals surface area contributed by atoms with Crippen molar-refractivity contribution in [2.75, 3.05) is 26.2 Å². The SMILES string of the molecule is Fc1ccc([C@@H](CC(F)(F)F)N2CCNCC2)c(F)c1. The fourth-order valence-electron chi connectivity index (χ4n) is 2.42. The third kappa shape index (κ3) is 3.89. The van der Waals surface area contributed by atoms with Crippen LogP contribution in [0.2, 0.25) is 0 Å². The molecule has 112 valence electrons. The van der Waals surface area contributed by atoms with Gasteiger partial charge in [-0.3, -0.25) is 4.90 Å². The number of hydrogen-bond acceptors (Lipinski definition) is 2. The van der Waals surface area contributed by atoms with Gasteiger partial charge in [-0.2, -0.15) is 13.2 Å². The average molecular weight is 294 g/mol. The predicted octanol–water partition coefficient (Wildman–Crippen LogP) is 2.86. The van der Waals surface area contributed by atoms with Crippen molar-refractivity contribution in [1.29, 1.82) is 0 Å². The Bertz CT molecular complexity index is 455. The van der Waals surface area contributed by atoms with Gasteiger partial charge in [0.2, 0.25) is 0 Å². The highest BCUT2D eigenvalue weighted by molar-refractivity contribution is 5.22. The van der Waals surface area contributed by atoms with E-state index in [9.17, 15) is 22.0 Å². The van der Waals surface area contributed by atoms with E-state index in [0.29, 0.717) is 32.2 Å². The topological polar surface area (TPSA) is 15.3 Å². The van der Waals surface area contributed by atoms with Crippen LogP contribution in [0.5, 0.6) is 0 Å². The first-order valence-electron chi connectivity index (χ1n) is 6.33. The lowest BCUT2D eigenvalue weighted by atomic mass is 10.00. The molecule has 1 aromatic rings. The van der Waals surface area contributed by atoms with Crippen molar-refractivity contribution < 1.29 is 22.0 Å². The molecule has 1 fully saturated rings. The first kappa shape index (κ1) is 15.2. The number of halogens is 5. The van der Waals surface area contributed by atoms with Gasteiger partial charge >= 0.3 is 6.18 Å². The van der Waals surface area contributed by atoms with Crippen LogP contribution < -0.4 is 5.32 Å². The van der Waals surface area contributed by atoms with Crippen LogP contribution in [-0.2, 0) is 0 Å². The van der Waals surface area contributed by atoms with E-state index in [1.54, 1.807) is 4.90 Å². The highest BCUT2D eigenvalue weighted by Crippen LogP contribution is 2.35. The summed E-state index contributed by atoms with van der Waals surface area (Å²) in [5, 5.41) is 3.03. The van der Waals surface area contributed by atoms with E-state index in [2.05, 4.69) is 5.32 Å². The molecule has 1 N–H and O–H groups in total. The number of benzene rings is 1. The van der Waals surface area contributed by atoms with Gasteiger partial charge in [-0.05, 0) is 6.07 Å². The summed E-state index contributed by atoms with van der Waals surface area (Å²) < 4.78 is 64.8. The van der Waals surface area contributed by atoms with Crippen molar-refractivity contribution >= 4 is 0 Å². The van der Waals surface area contributed by atoms with Crippen LogP contribution in [0.4, 0.5) is 22.0 Å².